The Morgan fingerprint density at radius 1 is 0.674 bits per heavy atom. The van der Waals surface area contributed by atoms with Gasteiger partial charge in [0.2, 0.25) is 0 Å². The van der Waals surface area contributed by atoms with Gasteiger partial charge in [-0.05, 0) is 53.9 Å². The largest absolute Gasteiger partial charge is 0.459 e. The summed E-state index contributed by atoms with van der Waals surface area (Å²) in [5.74, 6) is -11.7. The molecule has 14 heteroatoms. The second kappa shape index (κ2) is 13.7. The summed E-state index contributed by atoms with van der Waals surface area (Å²) in [7, 11) is 0. The van der Waals surface area contributed by atoms with Crippen molar-refractivity contribution in [2.75, 3.05) is 0 Å². The van der Waals surface area contributed by atoms with E-state index >= 15 is 0 Å². The van der Waals surface area contributed by atoms with Crippen LogP contribution in [0.25, 0.3) is 11.1 Å². The number of allylic oxidation sites excluding steroid dienone is 1. The van der Waals surface area contributed by atoms with Crippen molar-refractivity contribution < 1.29 is 62.5 Å². The monoisotopic (exact) mass is 662 g/mol. The Kier molecular flexibility index (Phi) is 10.2. The molecule has 0 spiro atoms. The molecule has 0 saturated heterocycles. The zero-order chi connectivity index (χ0) is 33.8. The zero-order valence-corrected chi connectivity index (χ0v) is 23.4. The normalized spacial score (nSPS) is 12.2. The van der Waals surface area contributed by atoms with Crippen LogP contribution in [0.3, 0.4) is 0 Å². The van der Waals surface area contributed by atoms with E-state index in [9.17, 15) is 48.3 Å². The average Bonchev–Trinajstić information content (AvgIpc) is 2.94. The number of alkyl halides is 6. The van der Waals surface area contributed by atoms with E-state index in [1.54, 1.807) is 0 Å². The van der Waals surface area contributed by atoms with Crippen molar-refractivity contribution in [2.45, 2.75) is 38.4 Å². The van der Waals surface area contributed by atoms with Gasteiger partial charge in [-0.3, -0.25) is 0 Å². The van der Waals surface area contributed by atoms with Crippen LogP contribution in [0.15, 0.2) is 79.1 Å². The van der Waals surface area contributed by atoms with E-state index < -0.39 is 87.2 Å². The van der Waals surface area contributed by atoms with Crippen molar-refractivity contribution in [3.8, 4) is 28.4 Å². The Bertz CT molecular complexity index is 1680. The number of ether oxygens (including phenoxy) is 3. The first-order valence-corrected chi connectivity index (χ1v) is 13.2. The molecule has 0 aliphatic heterocycles. The van der Waals surface area contributed by atoms with E-state index in [0.29, 0.717) is 24.6 Å². The van der Waals surface area contributed by atoms with Crippen LogP contribution in [0.1, 0.15) is 30.0 Å². The molecule has 4 aromatic carbocycles. The number of halogens is 11. The maximum Gasteiger partial charge on any atom is 0.432 e. The molecule has 3 nitrogen and oxygen atoms in total. The van der Waals surface area contributed by atoms with Crippen molar-refractivity contribution in [3.63, 3.8) is 0 Å². The van der Waals surface area contributed by atoms with Crippen molar-refractivity contribution in [3.05, 3.63) is 125 Å². The molecule has 4 rings (SSSR count). The van der Waals surface area contributed by atoms with Crippen molar-refractivity contribution in [1.82, 2.24) is 0 Å². The summed E-state index contributed by atoms with van der Waals surface area (Å²) in [6.45, 7) is 1.92. The van der Waals surface area contributed by atoms with E-state index in [-0.39, 0.29) is 24.5 Å². The highest BCUT2D eigenvalue weighted by atomic mass is 19.3. The molecule has 0 aliphatic rings. The van der Waals surface area contributed by atoms with Gasteiger partial charge < -0.3 is 14.2 Å². The van der Waals surface area contributed by atoms with E-state index in [4.69, 9.17) is 0 Å². The van der Waals surface area contributed by atoms with Crippen LogP contribution in [0.4, 0.5) is 48.3 Å². The standard InChI is InChI=1S/C32H21F11O3/c1-2-3-17-4-6-19(7-5-17)31(40,41)45-20-8-9-22(23(33)14-20)18-12-24(34)29(25(35)13-18)32(42,43)46-21-15-26(36)30(27(37)16-21)44-11-10-28(38)39/h4-16,28H,2-3H2,1H3. The lowest BCUT2D eigenvalue weighted by Gasteiger charge is -2.21. The van der Waals surface area contributed by atoms with Gasteiger partial charge >= 0.3 is 12.2 Å². The lowest BCUT2D eigenvalue weighted by Crippen LogP contribution is -2.25. The molecule has 0 radical (unpaired) electrons. The Morgan fingerprint density at radius 2 is 1.24 bits per heavy atom. The summed E-state index contributed by atoms with van der Waals surface area (Å²) in [5, 5.41) is 0. The summed E-state index contributed by atoms with van der Waals surface area (Å²) < 4.78 is 169. The van der Waals surface area contributed by atoms with Gasteiger partial charge in [-0.2, -0.15) is 17.6 Å². The molecule has 0 unspecified atom stereocenters. The third kappa shape index (κ3) is 7.90. The first-order valence-electron chi connectivity index (χ1n) is 13.2. The number of benzene rings is 4. The average molecular weight is 662 g/mol. The molecule has 0 fully saturated rings. The van der Waals surface area contributed by atoms with Crippen molar-refractivity contribution in [2.24, 2.45) is 0 Å². The molecule has 0 bridgehead atoms. The van der Waals surface area contributed by atoms with Gasteiger partial charge in [0.25, 0.3) is 6.43 Å². The summed E-state index contributed by atoms with van der Waals surface area (Å²) in [5.41, 5.74) is -2.90. The Hall–Kier alpha value is -4.75. The predicted octanol–water partition coefficient (Wildman–Crippen LogP) is 10.4. The van der Waals surface area contributed by atoms with Gasteiger partial charge in [0.15, 0.2) is 17.4 Å². The maximum atomic E-state index is 14.9. The highest BCUT2D eigenvalue weighted by Crippen LogP contribution is 2.40. The molecule has 46 heavy (non-hydrogen) atoms. The maximum absolute atomic E-state index is 14.9. The van der Waals surface area contributed by atoms with Crippen molar-refractivity contribution in [1.29, 1.82) is 0 Å². The van der Waals surface area contributed by atoms with Gasteiger partial charge in [0.05, 0.1) is 11.8 Å². The third-order valence-corrected chi connectivity index (χ3v) is 6.29. The van der Waals surface area contributed by atoms with Crippen LogP contribution in [-0.4, -0.2) is 6.43 Å². The summed E-state index contributed by atoms with van der Waals surface area (Å²) >= 11 is 0. The third-order valence-electron chi connectivity index (χ3n) is 6.29. The van der Waals surface area contributed by atoms with E-state index in [0.717, 1.165) is 36.2 Å². The van der Waals surface area contributed by atoms with Crippen LogP contribution in [0.5, 0.6) is 17.2 Å². The van der Waals surface area contributed by atoms with Gasteiger partial charge in [-0.15, -0.1) is 0 Å². The second-order valence-corrected chi connectivity index (χ2v) is 9.64. The molecule has 0 atom stereocenters. The first-order chi connectivity index (χ1) is 21.6. The number of rotatable bonds is 12. The predicted molar refractivity (Wildman–Crippen MR) is 143 cm³/mol. The lowest BCUT2D eigenvalue weighted by molar-refractivity contribution is -0.189. The summed E-state index contributed by atoms with van der Waals surface area (Å²) in [6.07, 6.45) is -9.94. The highest BCUT2D eigenvalue weighted by Gasteiger charge is 2.42. The fourth-order valence-corrected chi connectivity index (χ4v) is 4.24. The van der Waals surface area contributed by atoms with Crippen molar-refractivity contribution >= 4 is 0 Å². The molecular formula is C32H21F11O3. The van der Waals surface area contributed by atoms with Gasteiger partial charge in [0, 0.05) is 29.8 Å². The molecule has 244 valence electrons. The van der Waals surface area contributed by atoms with Crippen LogP contribution < -0.4 is 14.2 Å². The zero-order valence-electron chi connectivity index (χ0n) is 23.4. The van der Waals surface area contributed by atoms with Gasteiger partial charge in [0.1, 0.15) is 34.5 Å². The molecule has 0 N–H and O–H groups in total. The second-order valence-electron chi connectivity index (χ2n) is 9.64. The van der Waals surface area contributed by atoms with Crippen LogP contribution in [0.2, 0.25) is 0 Å². The molecular weight excluding hydrogens is 641 g/mol. The fraction of sp³-hybridized carbons (Fsp3) is 0.188. The Labute approximate surface area is 254 Å². The molecule has 0 amide bonds. The minimum atomic E-state index is -4.89. The molecule has 0 heterocycles. The van der Waals surface area contributed by atoms with E-state index in [1.165, 1.54) is 12.1 Å². The lowest BCUT2D eigenvalue weighted by atomic mass is 10.0. The first kappa shape index (κ1) is 34.1. The SMILES string of the molecule is CCCc1ccc(C(F)(F)Oc2ccc(-c3cc(F)c(C(F)(F)Oc4cc(F)c(OC=CC(F)F)c(F)c4)c(F)c3)c(F)c2)cc1. The summed E-state index contributed by atoms with van der Waals surface area (Å²) in [6, 6.07) is 8.39. The Morgan fingerprint density at radius 3 is 1.78 bits per heavy atom. The van der Waals surface area contributed by atoms with Gasteiger partial charge in [-0.25, -0.2) is 30.7 Å². The van der Waals surface area contributed by atoms with Gasteiger partial charge in [-0.1, -0.05) is 25.5 Å². The Balaban J connectivity index is 1.54. The topological polar surface area (TPSA) is 27.7 Å². The minimum absolute atomic E-state index is 0.132. The fourth-order valence-electron chi connectivity index (χ4n) is 4.24. The van der Waals surface area contributed by atoms with Crippen LogP contribution >= 0.6 is 0 Å². The number of hydrogen-bond acceptors (Lipinski definition) is 3. The summed E-state index contributed by atoms with van der Waals surface area (Å²) in [4.78, 5) is 0. The van der Waals surface area contributed by atoms with E-state index in [1.807, 2.05) is 6.92 Å². The highest BCUT2D eigenvalue weighted by molar-refractivity contribution is 5.66. The molecule has 4 aromatic rings. The number of aryl methyl sites for hydroxylation is 1. The van der Waals surface area contributed by atoms with Crippen LogP contribution in [0, 0.1) is 29.1 Å². The van der Waals surface area contributed by atoms with E-state index in [2.05, 4.69) is 14.2 Å². The number of hydrogen-bond donors (Lipinski definition) is 0. The molecule has 0 aliphatic carbocycles. The smallest absolute Gasteiger partial charge is 0.432 e. The molecule has 0 aromatic heterocycles. The van der Waals surface area contributed by atoms with Crippen LogP contribution in [-0.2, 0) is 18.6 Å². The quantitative estimate of drug-likeness (QED) is 0.112. The molecule has 0 saturated carbocycles. The minimum Gasteiger partial charge on any atom is -0.459 e.